The number of nitrogens with two attached hydrogens (primary N) is 1. The molecule has 0 unspecified atom stereocenters. The Morgan fingerprint density at radius 2 is 2.00 bits per heavy atom. The van der Waals surface area contributed by atoms with Crippen LogP contribution in [0, 0.1) is 0 Å². The van der Waals surface area contributed by atoms with E-state index in [4.69, 9.17) is 5.14 Å². The van der Waals surface area contributed by atoms with E-state index in [9.17, 15) is 13.2 Å². The molecular formula is C11H10BrN3O3S2. The molecule has 0 saturated heterocycles. The number of anilines is 1. The van der Waals surface area contributed by atoms with Crippen LogP contribution in [0.1, 0.15) is 5.56 Å². The van der Waals surface area contributed by atoms with Crippen molar-refractivity contribution in [2.45, 2.75) is 11.3 Å². The lowest BCUT2D eigenvalue weighted by Crippen LogP contribution is -2.15. The van der Waals surface area contributed by atoms with Crippen molar-refractivity contribution in [3.8, 4) is 0 Å². The van der Waals surface area contributed by atoms with Crippen LogP contribution >= 0.6 is 27.3 Å². The number of thiazole rings is 1. The van der Waals surface area contributed by atoms with Crippen LogP contribution in [0.4, 0.5) is 5.13 Å². The largest absolute Gasteiger partial charge is 0.302 e. The van der Waals surface area contributed by atoms with E-state index in [1.54, 1.807) is 18.3 Å². The summed E-state index contributed by atoms with van der Waals surface area (Å²) >= 11 is 4.56. The Bertz CT molecular complexity index is 726. The predicted molar refractivity (Wildman–Crippen MR) is 80.0 cm³/mol. The summed E-state index contributed by atoms with van der Waals surface area (Å²) in [4.78, 5) is 15.8. The molecule has 0 saturated carbocycles. The second-order valence-corrected chi connectivity index (χ2v) is 7.85. The maximum Gasteiger partial charge on any atom is 0.238 e. The van der Waals surface area contributed by atoms with Gasteiger partial charge in [0.05, 0.1) is 21.3 Å². The fourth-order valence-electron chi connectivity index (χ4n) is 1.46. The van der Waals surface area contributed by atoms with Gasteiger partial charge in [-0.3, -0.25) is 4.79 Å². The number of halogens is 1. The molecule has 0 aliphatic rings. The van der Waals surface area contributed by atoms with Crippen molar-refractivity contribution in [2.24, 2.45) is 5.14 Å². The minimum atomic E-state index is -3.71. The number of primary sulfonamides is 1. The van der Waals surface area contributed by atoms with E-state index in [0.29, 0.717) is 10.7 Å². The molecule has 0 radical (unpaired) electrons. The van der Waals surface area contributed by atoms with Gasteiger partial charge in [0.1, 0.15) is 0 Å². The second kappa shape index (κ2) is 6.00. The molecule has 9 heteroatoms. The molecule has 0 fully saturated rings. The third kappa shape index (κ3) is 4.10. The van der Waals surface area contributed by atoms with E-state index in [1.165, 1.54) is 23.5 Å². The van der Waals surface area contributed by atoms with Crippen LogP contribution in [0.15, 0.2) is 39.1 Å². The van der Waals surface area contributed by atoms with Crippen molar-refractivity contribution in [3.05, 3.63) is 39.8 Å². The standard InChI is InChI=1S/C11H10BrN3O3S2/c12-9-6-14-11(19-9)15-10(16)5-7-1-3-8(4-2-7)20(13,17)18/h1-4,6H,5H2,(H2,13,17,18)(H,14,15,16). The molecule has 3 N–H and O–H groups in total. The number of hydrogen-bond acceptors (Lipinski definition) is 5. The Balaban J connectivity index is 2.01. The number of nitrogens with zero attached hydrogens (tertiary/aromatic N) is 1. The zero-order valence-corrected chi connectivity index (χ0v) is 13.3. The van der Waals surface area contributed by atoms with Crippen LogP contribution in [0.25, 0.3) is 0 Å². The van der Waals surface area contributed by atoms with Gasteiger partial charge in [0.25, 0.3) is 0 Å². The van der Waals surface area contributed by atoms with Gasteiger partial charge in [-0.05, 0) is 33.6 Å². The minimum absolute atomic E-state index is 0.0190. The van der Waals surface area contributed by atoms with Crippen molar-refractivity contribution in [3.63, 3.8) is 0 Å². The summed E-state index contributed by atoms with van der Waals surface area (Å²) in [6.07, 6.45) is 1.73. The summed E-state index contributed by atoms with van der Waals surface area (Å²) in [6, 6.07) is 5.85. The van der Waals surface area contributed by atoms with Crippen molar-refractivity contribution in [1.29, 1.82) is 0 Å². The van der Waals surface area contributed by atoms with E-state index >= 15 is 0 Å². The zero-order chi connectivity index (χ0) is 14.8. The lowest BCUT2D eigenvalue weighted by atomic mass is 10.1. The molecule has 20 heavy (non-hydrogen) atoms. The maximum absolute atomic E-state index is 11.8. The summed E-state index contributed by atoms with van der Waals surface area (Å²) in [5.41, 5.74) is 0.686. The molecule has 1 heterocycles. The third-order valence-electron chi connectivity index (χ3n) is 2.34. The first kappa shape index (κ1) is 15.1. The summed E-state index contributed by atoms with van der Waals surface area (Å²) in [5, 5.41) is 8.15. The summed E-state index contributed by atoms with van der Waals surface area (Å²) in [5.74, 6) is -0.227. The number of sulfonamides is 1. The van der Waals surface area contributed by atoms with Gasteiger partial charge in [-0.1, -0.05) is 23.5 Å². The third-order valence-corrected chi connectivity index (χ3v) is 4.66. The lowest BCUT2D eigenvalue weighted by molar-refractivity contribution is -0.115. The SMILES string of the molecule is NS(=O)(=O)c1ccc(CC(=O)Nc2ncc(Br)s2)cc1. The van der Waals surface area contributed by atoms with Gasteiger partial charge < -0.3 is 5.32 Å². The summed E-state index contributed by atoms with van der Waals surface area (Å²) < 4.78 is 23.0. The highest BCUT2D eigenvalue weighted by molar-refractivity contribution is 9.11. The van der Waals surface area contributed by atoms with Gasteiger partial charge in [0, 0.05) is 0 Å². The van der Waals surface area contributed by atoms with E-state index in [-0.39, 0.29) is 17.2 Å². The van der Waals surface area contributed by atoms with Crippen LogP contribution in [0.3, 0.4) is 0 Å². The summed E-state index contributed by atoms with van der Waals surface area (Å²) in [6.45, 7) is 0. The Hall–Kier alpha value is -1.29. The topological polar surface area (TPSA) is 102 Å². The Morgan fingerprint density at radius 3 is 2.50 bits per heavy atom. The van der Waals surface area contributed by atoms with Gasteiger partial charge in [-0.2, -0.15) is 0 Å². The van der Waals surface area contributed by atoms with Gasteiger partial charge in [-0.25, -0.2) is 18.5 Å². The van der Waals surface area contributed by atoms with Gasteiger partial charge in [0.2, 0.25) is 15.9 Å². The van der Waals surface area contributed by atoms with E-state index in [2.05, 4.69) is 26.2 Å². The molecule has 0 spiro atoms. The Kier molecular flexibility index (Phi) is 4.53. The van der Waals surface area contributed by atoms with Crippen LogP contribution in [0.5, 0.6) is 0 Å². The van der Waals surface area contributed by atoms with Crippen LogP contribution in [0.2, 0.25) is 0 Å². The van der Waals surface area contributed by atoms with Crippen LogP contribution in [-0.4, -0.2) is 19.3 Å². The average Bonchev–Trinajstić information content (AvgIpc) is 2.74. The molecule has 0 aliphatic carbocycles. The number of amides is 1. The van der Waals surface area contributed by atoms with E-state index in [1.807, 2.05) is 0 Å². The molecule has 0 bridgehead atoms. The lowest BCUT2D eigenvalue weighted by Gasteiger charge is -2.03. The number of benzene rings is 1. The van der Waals surface area contributed by atoms with E-state index < -0.39 is 10.0 Å². The molecule has 106 valence electrons. The molecule has 1 aromatic heterocycles. The quantitative estimate of drug-likeness (QED) is 0.848. The van der Waals surface area contributed by atoms with Crippen molar-refractivity contribution in [2.75, 3.05) is 5.32 Å². The molecule has 1 aromatic carbocycles. The van der Waals surface area contributed by atoms with Crippen LogP contribution < -0.4 is 10.5 Å². The number of carbonyl (C=O) groups excluding carboxylic acids is 1. The molecular weight excluding hydrogens is 366 g/mol. The number of aromatic nitrogens is 1. The molecule has 0 aliphatic heterocycles. The fraction of sp³-hybridized carbons (Fsp3) is 0.0909. The van der Waals surface area contributed by atoms with Crippen molar-refractivity contribution < 1.29 is 13.2 Å². The van der Waals surface area contributed by atoms with Crippen molar-refractivity contribution >= 4 is 48.3 Å². The Morgan fingerprint density at radius 1 is 1.35 bits per heavy atom. The molecule has 2 aromatic rings. The molecule has 1 amide bonds. The minimum Gasteiger partial charge on any atom is -0.302 e. The zero-order valence-electron chi connectivity index (χ0n) is 10.0. The first-order chi connectivity index (χ1) is 9.34. The van der Waals surface area contributed by atoms with Gasteiger partial charge >= 0.3 is 0 Å². The van der Waals surface area contributed by atoms with Gasteiger partial charge in [-0.15, -0.1) is 0 Å². The fourth-order valence-corrected chi connectivity index (χ4v) is 3.10. The molecule has 0 atom stereocenters. The molecule has 2 rings (SSSR count). The number of hydrogen-bond donors (Lipinski definition) is 2. The highest BCUT2D eigenvalue weighted by Gasteiger charge is 2.10. The first-order valence-electron chi connectivity index (χ1n) is 5.37. The van der Waals surface area contributed by atoms with E-state index in [0.717, 1.165) is 3.79 Å². The Labute approximate surface area is 128 Å². The second-order valence-electron chi connectivity index (χ2n) is 3.88. The van der Waals surface area contributed by atoms with Crippen molar-refractivity contribution in [1.82, 2.24) is 4.98 Å². The normalized spacial score (nSPS) is 11.3. The number of rotatable bonds is 4. The monoisotopic (exact) mass is 375 g/mol. The average molecular weight is 376 g/mol. The first-order valence-corrected chi connectivity index (χ1v) is 8.53. The smallest absolute Gasteiger partial charge is 0.238 e. The van der Waals surface area contributed by atoms with Gasteiger partial charge in [0.15, 0.2) is 5.13 Å². The number of nitrogens with one attached hydrogen (secondary N) is 1. The number of carbonyl (C=O) groups is 1. The van der Waals surface area contributed by atoms with Crippen LogP contribution in [-0.2, 0) is 21.2 Å². The predicted octanol–water partition coefficient (Wildman–Crippen LogP) is 1.73. The maximum atomic E-state index is 11.8. The molecule has 6 nitrogen and oxygen atoms in total. The highest BCUT2D eigenvalue weighted by atomic mass is 79.9. The summed E-state index contributed by atoms with van der Waals surface area (Å²) in [7, 11) is -3.71. The highest BCUT2D eigenvalue weighted by Crippen LogP contribution is 2.23.